The number of primary amides is 1. The van der Waals surface area contributed by atoms with Crippen molar-refractivity contribution in [2.24, 2.45) is 10.9 Å². The van der Waals surface area contributed by atoms with Crippen LogP contribution in [0.3, 0.4) is 0 Å². The van der Waals surface area contributed by atoms with Crippen LogP contribution < -0.4 is 11.1 Å². The Morgan fingerprint density at radius 2 is 1.63 bits per heavy atom. The maximum absolute atomic E-state index is 15.5. The molecule has 2 aromatic carbocycles. The van der Waals surface area contributed by atoms with Crippen LogP contribution >= 0.6 is 23.2 Å². The molecule has 38 heavy (non-hydrogen) atoms. The van der Waals surface area contributed by atoms with E-state index in [-0.39, 0.29) is 29.9 Å². The van der Waals surface area contributed by atoms with Crippen molar-refractivity contribution in [1.29, 1.82) is 0 Å². The second-order valence-electron chi connectivity index (χ2n) is 9.70. The van der Waals surface area contributed by atoms with E-state index in [1.807, 2.05) is 0 Å². The van der Waals surface area contributed by atoms with E-state index in [4.69, 9.17) is 33.8 Å². The molecular formula is C24H21Cl2F5N4O3. The average Bonchev–Trinajstić information content (AvgIpc) is 3.26. The zero-order valence-corrected chi connectivity index (χ0v) is 21.4. The van der Waals surface area contributed by atoms with Gasteiger partial charge in [0.2, 0.25) is 5.91 Å². The topological polar surface area (TPSA) is 97.0 Å². The number of amides is 3. The molecule has 2 aromatic rings. The van der Waals surface area contributed by atoms with Crippen molar-refractivity contribution < 1.29 is 36.4 Å². The average molecular weight is 579 g/mol. The van der Waals surface area contributed by atoms with Gasteiger partial charge in [0.15, 0.2) is 11.5 Å². The molecule has 0 spiro atoms. The number of rotatable bonds is 5. The van der Waals surface area contributed by atoms with E-state index in [1.54, 1.807) is 0 Å². The Labute approximate surface area is 223 Å². The lowest BCUT2D eigenvalue weighted by Crippen LogP contribution is -2.66. The molecule has 204 valence electrons. The first-order chi connectivity index (χ1) is 17.5. The molecule has 0 bridgehead atoms. The van der Waals surface area contributed by atoms with E-state index in [0.29, 0.717) is 0 Å². The number of carbonyl (C=O) groups is 2. The van der Waals surface area contributed by atoms with Crippen LogP contribution in [0.4, 0.5) is 26.7 Å². The van der Waals surface area contributed by atoms with E-state index < -0.39 is 62.8 Å². The number of oxime groups is 1. The standard InChI is InChI=1S/C24H21Cl2F5N4O3/c1-21(2,33-20(32)37)19(36)35-10-22(28,11-35)13-5-3-12(4-6-13)17-9-23(38-34-17,24(29,30)31)14-7-15(25)18(27)16(26)8-14/h3-8H,9-11H2,1-2H3,(H3,32,33,37). The molecule has 0 aliphatic carbocycles. The highest BCUT2D eigenvalue weighted by Gasteiger charge is 2.62. The number of urea groups is 1. The molecule has 1 atom stereocenters. The number of nitrogens with two attached hydrogens (primary N) is 1. The lowest BCUT2D eigenvalue weighted by Gasteiger charge is -2.47. The van der Waals surface area contributed by atoms with E-state index in [0.717, 1.165) is 12.1 Å². The summed E-state index contributed by atoms with van der Waals surface area (Å²) in [4.78, 5) is 29.8. The lowest BCUT2D eigenvalue weighted by atomic mass is 9.84. The van der Waals surface area contributed by atoms with Gasteiger partial charge in [0.25, 0.3) is 5.60 Å². The van der Waals surface area contributed by atoms with Crippen molar-refractivity contribution in [2.45, 2.75) is 43.3 Å². The molecule has 1 fully saturated rings. The SMILES string of the molecule is CC(C)(NC(N)=O)C(=O)N1CC(F)(c2ccc(C3=NOC(c4cc(Cl)c(F)c(Cl)c4)(C(F)(F)F)C3)cc2)C1. The maximum Gasteiger partial charge on any atom is 0.435 e. The molecule has 0 aromatic heterocycles. The first-order valence-corrected chi connectivity index (χ1v) is 11.9. The predicted molar refractivity (Wildman–Crippen MR) is 129 cm³/mol. The Bertz CT molecular complexity index is 1300. The fraction of sp³-hybridized carbons (Fsp3) is 0.375. The Kier molecular flexibility index (Phi) is 6.80. The number of nitrogens with one attached hydrogen (secondary N) is 1. The first-order valence-electron chi connectivity index (χ1n) is 11.1. The number of likely N-dealkylation sites (tertiary alicyclic amines) is 1. The predicted octanol–water partition coefficient (Wildman–Crippen LogP) is 5.17. The third kappa shape index (κ3) is 4.75. The highest BCUT2D eigenvalue weighted by molar-refractivity contribution is 6.35. The van der Waals surface area contributed by atoms with Gasteiger partial charge in [0.05, 0.1) is 28.8 Å². The van der Waals surface area contributed by atoms with Crippen LogP contribution in [0, 0.1) is 5.82 Å². The zero-order chi connectivity index (χ0) is 28.3. The van der Waals surface area contributed by atoms with Crippen LogP contribution in [-0.4, -0.2) is 47.4 Å². The van der Waals surface area contributed by atoms with Crippen molar-refractivity contribution >= 4 is 40.9 Å². The molecule has 0 saturated carbocycles. The molecule has 3 N–H and O–H groups in total. The second kappa shape index (κ2) is 9.26. The van der Waals surface area contributed by atoms with Gasteiger partial charge in [-0.2, -0.15) is 13.2 Å². The number of nitrogens with zero attached hydrogens (tertiary/aromatic N) is 2. The molecule has 1 unspecified atom stereocenters. The zero-order valence-electron chi connectivity index (χ0n) is 19.9. The quantitative estimate of drug-likeness (QED) is 0.378. The van der Waals surface area contributed by atoms with Crippen molar-refractivity contribution in [3.05, 3.63) is 69.0 Å². The summed E-state index contributed by atoms with van der Waals surface area (Å²) in [5.74, 6) is -1.59. The van der Waals surface area contributed by atoms with Crippen molar-refractivity contribution in [3.8, 4) is 0 Å². The molecule has 4 rings (SSSR count). The highest BCUT2D eigenvalue weighted by Crippen LogP contribution is 2.50. The molecule has 0 radical (unpaired) electrons. The monoisotopic (exact) mass is 578 g/mol. The summed E-state index contributed by atoms with van der Waals surface area (Å²) >= 11 is 11.4. The second-order valence-corrected chi connectivity index (χ2v) is 10.5. The first kappa shape index (κ1) is 27.9. The number of alkyl halides is 4. The van der Waals surface area contributed by atoms with E-state index in [9.17, 15) is 27.2 Å². The third-order valence-corrected chi connectivity index (χ3v) is 7.06. The highest BCUT2D eigenvalue weighted by atomic mass is 35.5. The van der Waals surface area contributed by atoms with E-state index in [2.05, 4.69) is 10.5 Å². The molecule has 14 heteroatoms. The minimum Gasteiger partial charge on any atom is -0.374 e. The van der Waals surface area contributed by atoms with E-state index >= 15 is 4.39 Å². The van der Waals surface area contributed by atoms with Gasteiger partial charge in [0, 0.05) is 12.0 Å². The largest absolute Gasteiger partial charge is 0.435 e. The summed E-state index contributed by atoms with van der Waals surface area (Å²) in [6, 6.07) is 6.21. The summed E-state index contributed by atoms with van der Waals surface area (Å²) in [5, 5.41) is 4.71. The summed E-state index contributed by atoms with van der Waals surface area (Å²) in [6.07, 6.45) is -5.73. The Morgan fingerprint density at radius 3 is 2.13 bits per heavy atom. The molecule has 3 amide bonds. The molecule has 7 nitrogen and oxygen atoms in total. The molecule has 1 saturated heterocycles. The van der Waals surface area contributed by atoms with Gasteiger partial charge in [-0.1, -0.05) is 52.6 Å². The fourth-order valence-corrected chi connectivity index (χ4v) is 4.94. The van der Waals surface area contributed by atoms with Gasteiger partial charge in [-0.15, -0.1) is 0 Å². The van der Waals surface area contributed by atoms with Gasteiger partial charge in [0.1, 0.15) is 5.54 Å². The van der Waals surface area contributed by atoms with Crippen LogP contribution in [0.15, 0.2) is 41.6 Å². The van der Waals surface area contributed by atoms with Gasteiger partial charge in [-0.25, -0.2) is 13.6 Å². The van der Waals surface area contributed by atoms with Gasteiger partial charge in [-0.3, -0.25) is 4.79 Å². The van der Waals surface area contributed by atoms with Crippen LogP contribution in [-0.2, 0) is 20.9 Å². The third-order valence-electron chi connectivity index (χ3n) is 6.51. The summed E-state index contributed by atoms with van der Waals surface area (Å²) < 4.78 is 71.9. The Hall–Kier alpha value is -3.12. The van der Waals surface area contributed by atoms with Crippen molar-refractivity contribution in [2.75, 3.05) is 13.1 Å². The number of hydrogen-bond acceptors (Lipinski definition) is 4. The van der Waals surface area contributed by atoms with Gasteiger partial charge in [-0.05, 0) is 37.1 Å². The smallest absolute Gasteiger partial charge is 0.374 e. The van der Waals surface area contributed by atoms with Crippen LogP contribution in [0.25, 0.3) is 0 Å². The molecule has 2 heterocycles. The number of carbonyl (C=O) groups excluding carboxylic acids is 2. The van der Waals surface area contributed by atoms with Crippen molar-refractivity contribution in [1.82, 2.24) is 10.2 Å². The minimum atomic E-state index is -4.97. The fourth-order valence-electron chi connectivity index (χ4n) is 4.45. The number of hydrogen-bond donors (Lipinski definition) is 2. The molecular weight excluding hydrogens is 558 g/mol. The van der Waals surface area contributed by atoms with Gasteiger partial charge >= 0.3 is 12.2 Å². The summed E-state index contributed by atoms with van der Waals surface area (Å²) in [6.45, 7) is 2.30. The molecule has 2 aliphatic rings. The summed E-state index contributed by atoms with van der Waals surface area (Å²) in [7, 11) is 0. The molecule has 2 aliphatic heterocycles. The minimum absolute atomic E-state index is 0.0805. The van der Waals surface area contributed by atoms with Crippen molar-refractivity contribution in [3.63, 3.8) is 0 Å². The van der Waals surface area contributed by atoms with Crippen LogP contribution in [0.2, 0.25) is 10.0 Å². The summed E-state index contributed by atoms with van der Waals surface area (Å²) in [5.41, 5.74) is -1.28. The Morgan fingerprint density at radius 1 is 1.08 bits per heavy atom. The lowest BCUT2D eigenvalue weighted by molar-refractivity contribution is -0.275. The van der Waals surface area contributed by atoms with Crippen LogP contribution in [0.1, 0.15) is 37.0 Å². The Balaban J connectivity index is 1.51. The van der Waals surface area contributed by atoms with Crippen LogP contribution in [0.5, 0.6) is 0 Å². The van der Waals surface area contributed by atoms with Gasteiger partial charge < -0.3 is 20.8 Å². The normalized spacial score (nSPS) is 20.9. The van der Waals surface area contributed by atoms with E-state index in [1.165, 1.54) is 43.0 Å². The maximum atomic E-state index is 15.5. The number of halogens is 7. The number of benzene rings is 2.